The molecular formula is C24H27N5O2. The fraction of sp³-hybridized carbons (Fsp3) is 0.250. The first-order chi connectivity index (χ1) is 15.0. The van der Waals surface area contributed by atoms with Crippen molar-refractivity contribution in [2.24, 2.45) is 5.73 Å². The van der Waals surface area contributed by atoms with E-state index < -0.39 is 12.1 Å². The van der Waals surface area contributed by atoms with Crippen molar-refractivity contribution in [2.45, 2.75) is 31.5 Å². The van der Waals surface area contributed by atoms with Crippen LogP contribution >= 0.6 is 0 Å². The molecule has 3 rings (SSSR count). The fourth-order valence-corrected chi connectivity index (χ4v) is 3.27. The second-order valence-corrected chi connectivity index (χ2v) is 7.44. The molecule has 0 bridgehead atoms. The lowest BCUT2D eigenvalue weighted by Crippen LogP contribution is -2.53. The molecule has 7 nitrogen and oxygen atoms in total. The number of benzene rings is 1. The number of likely N-dealkylation sites (N-methyl/N-ethyl adjacent to an activating group) is 1. The summed E-state index contributed by atoms with van der Waals surface area (Å²) in [6, 6.07) is 17.3. The maximum Gasteiger partial charge on any atom is 0.245 e. The van der Waals surface area contributed by atoms with Crippen molar-refractivity contribution in [1.29, 1.82) is 0 Å². The second-order valence-electron chi connectivity index (χ2n) is 7.44. The smallest absolute Gasteiger partial charge is 0.245 e. The zero-order chi connectivity index (χ0) is 22.1. The number of hydrogen-bond acceptors (Lipinski definition) is 5. The van der Waals surface area contributed by atoms with Crippen molar-refractivity contribution in [3.8, 4) is 0 Å². The largest absolute Gasteiger partial charge is 0.343 e. The maximum absolute atomic E-state index is 13.2. The van der Waals surface area contributed by atoms with Crippen molar-refractivity contribution in [3.05, 3.63) is 96.1 Å². The van der Waals surface area contributed by atoms with E-state index in [4.69, 9.17) is 5.73 Å². The number of pyridine rings is 2. The molecule has 3 aromatic rings. The molecule has 0 aliphatic carbocycles. The zero-order valence-electron chi connectivity index (χ0n) is 17.5. The van der Waals surface area contributed by atoms with Crippen LogP contribution in [0.4, 0.5) is 0 Å². The Kier molecular flexibility index (Phi) is 7.84. The van der Waals surface area contributed by atoms with Crippen molar-refractivity contribution >= 4 is 11.8 Å². The van der Waals surface area contributed by atoms with E-state index >= 15 is 0 Å². The summed E-state index contributed by atoms with van der Waals surface area (Å²) in [4.78, 5) is 35.9. The highest BCUT2D eigenvalue weighted by Crippen LogP contribution is 2.09. The van der Waals surface area contributed by atoms with Crippen LogP contribution in [-0.4, -0.2) is 45.8 Å². The van der Waals surface area contributed by atoms with E-state index in [0.717, 1.165) is 16.8 Å². The molecule has 2 amide bonds. The summed E-state index contributed by atoms with van der Waals surface area (Å²) in [7, 11) is 1.72. The standard InChI is InChI=1S/C24H27N5O2/c1-29(17-19-10-7-12-26-16-19)24(31)22(14-18-8-3-2-4-9-18)28-23(30)21(25)15-20-11-5-6-13-27-20/h2-13,16,21-22H,14-15,17,25H2,1H3,(H,28,30). The quantitative estimate of drug-likeness (QED) is 0.552. The van der Waals surface area contributed by atoms with Gasteiger partial charge in [0.2, 0.25) is 11.8 Å². The van der Waals surface area contributed by atoms with Gasteiger partial charge in [0.25, 0.3) is 0 Å². The van der Waals surface area contributed by atoms with Crippen LogP contribution in [0.5, 0.6) is 0 Å². The molecule has 0 aliphatic rings. The van der Waals surface area contributed by atoms with Gasteiger partial charge in [-0.3, -0.25) is 19.6 Å². The molecule has 1 aromatic carbocycles. The molecule has 0 saturated carbocycles. The highest BCUT2D eigenvalue weighted by Gasteiger charge is 2.27. The van der Waals surface area contributed by atoms with Crippen molar-refractivity contribution in [1.82, 2.24) is 20.2 Å². The van der Waals surface area contributed by atoms with Crippen molar-refractivity contribution in [3.63, 3.8) is 0 Å². The van der Waals surface area contributed by atoms with E-state index in [1.807, 2.05) is 60.7 Å². The molecule has 2 heterocycles. The third kappa shape index (κ3) is 6.72. The summed E-state index contributed by atoms with van der Waals surface area (Å²) in [5.74, 6) is -0.569. The SMILES string of the molecule is CN(Cc1cccnc1)C(=O)C(Cc1ccccc1)NC(=O)C(N)Cc1ccccn1. The summed E-state index contributed by atoms with van der Waals surface area (Å²) < 4.78 is 0. The predicted octanol–water partition coefficient (Wildman–Crippen LogP) is 1.73. The molecule has 3 N–H and O–H groups in total. The van der Waals surface area contributed by atoms with Crippen LogP contribution in [0.25, 0.3) is 0 Å². The molecule has 7 heteroatoms. The van der Waals surface area contributed by atoms with E-state index in [2.05, 4.69) is 15.3 Å². The number of rotatable bonds is 9. The molecule has 2 aromatic heterocycles. The van der Waals surface area contributed by atoms with Crippen LogP contribution < -0.4 is 11.1 Å². The van der Waals surface area contributed by atoms with Gasteiger partial charge >= 0.3 is 0 Å². The van der Waals surface area contributed by atoms with E-state index in [9.17, 15) is 9.59 Å². The van der Waals surface area contributed by atoms with Gasteiger partial charge in [0.15, 0.2) is 0 Å². The first-order valence-electron chi connectivity index (χ1n) is 10.2. The lowest BCUT2D eigenvalue weighted by molar-refractivity contribution is -0.136. The number of nitrogens with one attached hydrogen (secondary N) is 1. The van der Waals surface area contributed by atoms with Gasteiger partial charge in [-0.15, -0.1) is 0 Å². The first kappa shape index (κ1) is 22.1. The number of nitrogens with two attached hydrogens (primary N) is 1. The van der Waals surface area contributed by atoms with Gasteiger partial charge in [0, 0.05) is 50.7 Å². The minimum Gasteiger partial charge on any atom is -0.343 e. The Hall–Kier alpha value is -3.58. The lowest BCUT2D eigenvalue weighted by Gasteiger charge is -2.26. The summed E-state index contributed by atoms with van der Waals surface area (Å²) >= 11 is 0. The Bertz CT molecular complexity index is 967. The van der Waals surface area contributed by atoms with Gasteiger partial charge in [-0.2, -0.15) is 0 Å². The van der Waals surface area contributed by atoms with Gasteiger partial charge < -0.3 is 16.0 Å². The number of nitrogens with zero attached hydrogens (tertiary/aromatic N) is 3. The number of hydrogen-bond donors (Lipinski definition) is 2. The van der Waals surface area contributed by atoms with Gasteiger partial charge in [-0.1, -0.05) is 42.5 Å². The van der Waals surface area contributed by atoms with E-state index in [1.54, 1.807) is 30.5 Å². The first-order valence-corrected chi connectivity index (χ1v) is 10.2. The molecule has 0 aliphatic heterocycles. The van der Waals surface area contributed by atoms with Crippen LogP contribution in [0.3, 0.4) is 0 Å². The molecule has 0 saturated heterocycles. The zero-order valence-corrected chi connectivity index (χ0v) is 17.5. The maximum atomic E-state index is 13.2. The minimum absolute atomic E-state index is 0.189. The molecule has 0 fully saturated rings. The number of carbonyl (C=O) groups excluding carboxylic acids is 2. The third-order valence-corrected chi connectivity index (χ3v) is 4.91. The lowest BCUT2D eigenvalue weighted by atomic mass is 10.0. The Balaban J connectivity index is 1.70. The molecule has 2 unspecified atom stereocenters. The molecule has 2 atom stereocenters. The van der Waals surface area contributed by atoms with Crippen molar-refractivity contribution in [2.75, 3.05) is 7.05 Å². The van der Waals surface area contributed by atoms with Gasteiger partial charge in [0.05, 0.1) is 6.04 Å². The van der Waals surface area contributed by atoms with E-state index in [1.165, 1.54) is 0 Å². The van der Waals surface area contributed by atoms with Crippen LogP contribution in [0.15, 0.2) is 79.3 Å². The fourth-order valence-electron chi connectivity index (χ4n) is 3.27. The highest BCUT2D eigenvalue weighted by molar-refractivity contribution is 5.90. The summed E-state index contributed by atoms with van der Waals surface area (Å²) in [5, 5.41) is 2.85. The molecule has 0 radical (unpaired) electrons. The van der Waals surface area contributed by atoms with E-state index in [0.29, 0.717) is 19.4 Å². The number of amides is 2. The highest BCUT2D eigenvalue weighted by atomic mass is 16.2. The summed E-state index contributed by atoms with van der Waals surface area (Å²) in [6.45, 7) is 0.397. The molecule has 0 spiro atoms. The van der Waals surface area contributed by atoms with Gasteiger partial charge in [-0.05, 0) is 29.3 Å². The third-order valence-electron chi connectivity index (χ3n) is 4.91. The predicted molar refractivity (Wildman–Crippen MR) is 119 cm³/mol. The normalized spacial score (nSPS) is 12.6. The summed E-state index contributed by atoms with van der Waals surface area (Å²) in [6.07, 6.45) is 5.74. The average Bonchev–Trinajstić information content (AvgIpc) is 2.80. The van der Waals surface area contributed by atoms with Crippen LogP contribution in [-0.2, 0) is 29.0 Å². The number of carbonyl (C=O) groups is 2. The second kappa shape index (κ2) is 11.0. The van der Waals surface area contributed by atoms with Gasteiger partial charge in [0.1, 0.15) is 6.04 Å². The Morgan fingerprint density at radius 2 is 1.71 bits per heavy atom. The minimum atomic E-state index is -0.801. The van der Waals surface area contributed by atoms with Gasteiger partial charge in [-0.25, -0.2) is 0 Å². The molecule has 160 valence electrons. The van der Waals surface area contributed by atoms with Crippen LogP contribution in [0.1, 0.15) is 16.8 Å². The Morgan fingerprint density at radius 1 is 0.968 bits per heavy atom. The van der Waals surface area contributed by atoms with Crippen LogP contribution in [0, 0.1) is 0 Å². The van der Waals surface area contributed by atoms with E-state index in [-0.39, 0.29) is 11.8 Å². The Labute approximate surface area is 182 Å². The monoisotopic (exact) mass is 417 g/mol. The average molecular weight is 418 g/mol. The topological polar surface area (TPSA) is 101 Å². The molecule has 31 heavy (non-hydrogen) atoms. The Morgan fingerprint density at radius 3 is 2.39 bits per heavy atom. The molecular weight excluding hydrogens is 390 g/mol. The summed E-state index contributed by atoms with van der Waals surface area (Å²) in [5.41, 5.74) is 8.70. The van der Waals surface area contributed by atoms with Crippen LogP contribution in [0.2, 0.25) is 0 Å². The van der Waals surface area contributed by atoms with Crippen molar-refractivity contribution < 1.29 is 9.59 Å². The number of aromatic nitrogens is 2.